The Labute approximate surface area is 85.6 Å². The summed E-state index contributed by atoms with van der Waals surface area (Å²) in [4.78, 5) is 16.5. The number of hydrogen-bond acceptors (Lipinski definition) is 3. The van der Waals surface area contributed by atoms with E-state index < -0.39 is 0 Å². The number of thioether (sulfide) groups is 1. The van der Waals surface area contributed by atoms with E-state index in [2.05, 4.69) is 10.3 Å². The molecule has 0 fully saturated rings. The first-order chi connectivity index (χ1) is 6.86. The van der Waals surface area contributed by atoms with Gasteiger partial charge in [-0.05, 0) is 11.6 Å². The summed E-state index contributed by atoms with van der Waals surface area (Å²) in [6.07, 6.45) is 2.46. The normalized spacial score (nSPS) is 17.6. The molecule has 3 nitrogen and oxygen atoms in total. The van der Waals surface area contributed by atoms with Crippen molar-refractivity contribution in [2.45, 2.75) is 11.3 Å². The molecule has 1 aromatic carbocycles. The molecule has 0 radical (unpaired) electrons. The molecular formula is C10H8N2OS. The minimum atomic E-state index is -0.0979. The van der Waals surface area contributed by atoms with E-state index in [0.717, 1.165) is 34.0 Å². The SMILES string of the molecule is O=C1N=CCc2ccc3c(c21)SCN3. The van der Waals surface area contributed by atoms with Gasteiger partial charge in [-0.15, -0.1) is 11.8 Å². The van der Waals surface area contributed by atoms with Crippen LogP contribution in [0.15, 0.2) is 22.0 Å². The molecule has 14 heavy (non-hydrogen) atoms. The number of carbonyl (C=O) groups excluding carboxylic acids is 1. The molecule has 0 aliphatic carbocycles. The Morgan fingerprint density at radius 3 is 3.29 bits per heavy atom. The fraction of sp³-hybridized carbons (Fsp3) is 0.200. The summed E-state index contributed by atoms with van der Waals surface area (Å²) in [6, 6.07) is 4.05. The second kappa shape index (κ2) is 2.85. The molecule has 70 valence electrons. The standard InChI is InChI=1S/C10H8N2OS/c13-10-8-6(3-4-11-10)1-2-7-9(8)14-5-12-7/h1-2,4,12H,3,5H2. The summed E-state index contributed by atoms with van der Waals surface area (Å²) in [5, 5.41) is 3.23. The molecule has 0 aromatic heterocycles. The molecule has 2 aliphatic rings. The maximum absolute atomic E-state index is 11.6. The summed E-state index contributed by atoms with van der Waals surface area (Å²) in [7, 11) is 0. The van der Waals surface area contributed by atoms with Gasteiger partial charge in [-0.3, -0.25) is 4.79 Å². The molecule has 0 atom stereocenters. The average Bonchev–Trinajstić information content (AvgIpc) is 2.65. The van der Waals surface area contributed by atoms with Gasteiger partial charge in [0.05, 0.1) is 11.4 Å². The predicted octanol–water partition coefficient (Wildman–Crippen LogP) is 1.93. The molecule has 0 bridgehead atoms. The van der Waals surface area contributed by atoms with Gasteiger partial charge in [0, 0.05) is 23.2 Å². The molecule has 1 aromatic rings. The maximum Gasteiger partial charge on any atom is 0.278 e. The number of anilines is 1. The van der Waals surface area contributed by atoms with Gasteiger partial charge in [0.25, 0.3) is 5.91 Å². The van der Waals surface area contributed by atoms with Crippen LogP contribution in [0.1, 0.15) is 15.9 Å². The summed E-state index contributed by atoms with van der Waals surface area (Å²) in [6.45, 7) is 0. The van der Waals surface area contributed by atoms with Crippen LogP contribution in [0.5, 0.6) is 0 Å². The Hall–Kier alpha value is -1.29. The highest BCUT2D eigenvalue weighted by Gasteiger charge is 2.24. The van der Waals surface area contributed by atoms with Crippen molar-refractivity contribution < 1.29 is 4.79 Å². The van der Waals surface area contributed by atoms with E-state index >= 15 is 0 Å². The van der Waals surface area contributed by atoms with Crippen LogP contribution >= 0.6 is 11.8 Å². The number of rotatable bonds is 0. The Balaban J connectivity index is 2.27. The van der Waals surface area contributed by atoms with Gasteiger partial charge in [-0.25, -0.2) is 4.99 Å². The lowest BCUT2D eigenvalue weighted by Gasteiger charge is -2.12. The summed E-state index contributed by atoms with van der Waals surface area (Å²) in [5.41, 5.74) is 2.97. The van der Waals surface area contributed by atoms with Crippen molar-refractivity contribution in [3.05, 3.63) is 23.3 Å². The molecule has 2 heterocycles. The van der Waals surface area contributed by atoms with E-state index in [0.29, 0.717) is 0 Å². The third-order valence-electron chi connectivity index (χ3n) is 2.46. The molecule has 0 saturated heterocycles. The van der Waals surface area contributed by atoms with E-state index in [1.54, 1.807) is 18.0 Å². The number of amides is 1. The first-order valence-corrected chi connectivity index (χ1v) is 5.44. The molecule has 1 N–H and O–H groups in total. The van der Waals surface area contributed by atoms with Crippen LogP contribution in [-0.2, 0) is 6.42 Å². The number of benzene rings is 1. The van der Waals surface area contributed by atoms with Gasteiger partial charge < -0.3 is 5.32 Å². The largest absolute Gasteiger partial charge is 0.375 e. The van der Waals surface area contributed by atoms with Gasteiger partial charge in [0.15, 0.2) is 0 Å². The van der Waals surface area contributed by atoms with Crippen LogP contribution in [0.2, 0.25) is 0 Å². The number of hydrogen-bond donors (Lipinski definition) is 1. The van der Waals surface area contributed by atoms with Gasteiger partial charge >= 0.3 is 0 Å². The van der Waals surface area contributed by atoms with Crippen molar-refractivity contribution in [2.24, 2.45) is 4.99 Å². The lowest BCUT2D eigenvalue weighted by molar-refractivity contribution is 0.0998. The first kappa shape index (κ1) is 8.05. The minimum Gasteiger partial charge on any atom is -0.375 e. The number of nitrogens with zero attached hydrogens (tertiary/aromatic N) is 1. The van der Waals surface area contributed by atoms with E-state index in [1.807, 2.05) is 12.1 Å². The van der Waals surface area contributed by atoms with Gasteiger partial charge in [0.2, 0.25) is 0 Å². The van der Waals surface area contributed by atoms with E-state index in [-0.39, 0.29) is 5.91 Å². The third kappa shape index (κ3) is 1.00. The van der Waals surface area contributed by atoms with Crippen molar-refractivity contribution in [3.63, 3.8) is 0 Å². The molecule has 0 spiro atoms. The summed E-state index contributed by atoms with van der Waals surface area (Å²) >= 11 is 1.68. The fourth-order valence-electron chi connectivity index (χ4n) is 1.79. The lowest BCUT2D eigenvalue weighted by atomic mass is 10.0. The smallest absolute Gasteiger partial charge is 0.278 e. The number of nitrogens with one attached hydrogen (secondary N) is 1. The molecule has 3 rings (SSSR count). The topological polar surface area (TPSA) is 41.5 Å². The molecule has 4 heteroatoms. The molecule has 0 unspecified atom stereocenters. The zero-order chi connectivity index (χ0) is 9.54. The zero-order valence-corrected chi connectivity index (χ0v) is 8.23. The van der Waals surface area contributed by atoms with Crippen LogP contribution in [0.4, 0.5) is 5.69 Å². The second-order valence-corrected chi connectivity index (χ2v) is 4.25. The number of fused-ring (bicyclic) bond motifs is 3. The number of carbonyl (C=O) groups is 1. The summed E-state index contributed by atoms with van der Waals surface area (Å²) in [5.74, 6) is 0.752. The average molecular weight is 204 g/mol. The maximum atomic E-state index is 11.6. The molecule has 1 amide bonds. The first-order valence-electron chi connectivity index (χ1n) is 4.45. The van der Waals surface area contributed by atoms with Crippen molar-refractivity contribution >= 4 is 29.6 Å². The van der Waals surface area contributed by atoms with Crippen LogP contribution in [0.25, 0.3) is 0 Å². The quantitative estimate of drug-likeness (QED) is 0.702. The summed E-state index contributed by atoms with van der Waals surface area (Å²) < 4.78 is 0. The fourth-order valence-corrected chi connectivity index (χ4v) is 2.83. The van der Waals surface area contributed by atoms with Gasteiger partial charge in [0.1, 0.15) is 0 Å². The van der Waals surface area contributed by atoms with Crippen molar-refractivity contribution in [3.8, 4) is 0 Å². The molecular weight excluding hydrogens is 196 g/mol. The Kier molecular flexibility index (Phi) is 1.64. The van der Waals surface area contributed by atoms with E-state index in [9.17, 15) is 4.79 Å². The van der Waals surface area contributed by atoms with E-state index in [4.69, 9.17) is 0 Å². The Morgan fingerprint density at radius 1 is 1.43 bits per heavy atom. The van der Waals surface area contributed by atoms with Gasteiger partial charge in [-0.1, -0.05) is 6.07 Å². The Morgan fingerprint density at radius 2 is 2.36 bits per heavy atom. The predicted molar refractivity (Wildman–Crippen MR) is 57.3 cm³/mol. The highest BCUT2D eigenvalue weighted by Crippen LogP contribution is 2.39. The van der Waals surface area contributed by atoms with Crippen LogP contribution in [0.3, 0.4) is 0 Å². The van der Waals surface area contributed by atoms with E-state index in [1.165, 1.54) is 0 Å². The monoisotopic (exact) mass is 204 g/mol. The highest BCUT2D eigenvalue weighted by atomic mass is 32.2. The zero-order valence-electron chi connectivity index (χ0n) is 7.41. The van der Waals surface area contributed by atoms with Crippen molar-refractivity contribution in [1.82, 2.24) is 0 Å². The highest BCUT2D eigenvalue weighted by molar-refractivity contribution is 8.00. The second-order valence-electron chi connectivity index (χ2n) is 3.26. The third-order valence-corrected chi connectivity index (χ3v) is 3.46. The molecule has 2 aliphatic heterocycles. The van der Waals surface area contributed by atoms with Gasteiger partial charge in [-0.2, -0.15) is 0 Å². The lowest BCUT2D eigenvalue weighted by Crippen LogP contribution is -2.09. The Bertz CT molecular complexity index is 454. The van der Waals surface area contributed by atoms with Crippen molar-refractivity contribution in [2.75, 3.05) is 11.2 Å². The minimum absolute atomic E-state index is 0.0979. The van der Waals surface area contributed by atoms with Crippen LogP contribution < -0.4 is 5.32 Å². The van der Waals surface area contributed by atoms with Crippen LogP contribution in [0, 0.1) is 0 Å². The molecule has 0 saturated carbocycles. The van der Waals surface area contributed by atoms with Crippen molar-refractivity contribution in [1.29, 1.82) is 0 Å². The number of aliphatic imine (C=N–C) groups is 1. The van der Waals surface area contributed by atoms with Crippen LogP contribution in [-0.4, -0.2) is 18.0 Å².